The van der Waals surface area contributed by atoms with Crippen LogP contribution in [0.1, 0.15) is 15.9 Å². The van der Waals surface area contributed by atoms with Gasteiger partial charge in [0.05, 0.1) is 10.6 Å². The molecule has 0 fully saturated rings. The Labute approximate surface area is 172 Å². The SMILES string of the molecule is Cc1cnc2c(c1NC(=O)c1ccc(S(=O)(=O)N(C)C)cc1)c(=O)n(C)c(=O)n2C. The highest BCUT2D eigenvalue weighted by atomic mass is 32.2. The summed E-state index contributed by atoms with van der Waals surface area (Å²) in [5.41, 5.74) is 0.0329. The highest BCUT2D eigenvalue weighted by Gasteiger charge is 2.20. The molecular weight excluding hydrogens is 410 g/mol. The fourth-order valence-corrected chi connectivity index (χ4v) is 3.86. The van der Waals surface area contributed by atoms with Crippen LogP contribution in [0.5, 0.6) is 0 Å². The quantitative estimate of drug-likeness (QED) is 0.640. The molecule has 11 heteroatoms. The molecule has 2 aromatic heterocycles. The number of aryl methyl sites for hydroxylation is 2. The summed E-state index contributed by atoms with van der Waals surface area (Å²) >= 11 is 0. The Morgan fingerprint density at radius 2 is 1.67 bits per heavy atom. The number of aromatic nitrogens is 3. The summed E-state index contributed by atoms with van der Waals surface area (Å²) < 4.78 is 27.6. The number of fused-ring (bicyclic) bond motifs is 1. The first-order valence-corrected chi connectivity index (χ1v) is 10.3. The van der Waals surface area contributed by atoms with E-state index in [4.69, 9.17) is 0 Å². The maximum atomic E-state index is 12.8. The van der Waals surface area contributed by atoms with Crippen LogP contribution in [-0.2, 0) is 24.1 Å². The molecule has 0 aliphatic heterocycles. The zero-order chi connectivity index (χ0) is 22.4. The van der Waals surface area contributed by atoms with E-state index in [-0.39, 0.29) is 27.2 Å². The largest absolute Gasteiger partial charge is 0.332 e. The van der Waals surface area contributed by atoms with Crippen LogP contribution in [0.25, 0.3) is 11.0 Å². The number of sulfonamides is 1. The zero-order valence-corrected chi connectivity index (χ0v) is 17.9. The Hall–Kier alpha value is -3.31. The molecule has 0 bridgehead atoms. The van der Waals surface area contributed by atoms with Gasteiger partial charge in [-0.15, -0.1) is 0 Å². The lowest BCUT2D eigenvalue weighted by molar-refractivity contribution is 0.102. The van der Waals surface area contributed by atoms with Crippen molar-refractivity contribution >= 4 is 32.7 Å². The van der Waals surface area contributed by atoms with Gasteiger partial charge in [-0.3, -0.25) is 18.7 Å². The molecule has 0 spiro atoms. The number of rotatable bonds is 4. The third-order valence-corrected chi connectivity index (χ3v) is 6.62. The monoisotopic (exact) mass is 431 g/mol. The van der Waals surface area contributed by atoms with Crippen molar-refractivity contribution in [2.24, 2.45) is 14.1 Å². The van der Waals surface area contributed by atoms with Crippen LogP contribution in [-0.4, -0.2) is 46.8 Å². The maximum absolute atomic E-state index is 12.8. The summed E-state index contributed by atoms with van der Waals surface area (Å²) in [5, 5.41) is 2.81. The first-order chi connectivity index (χ1) is 14.0. The van der Waals surface area contributed by atoms with Gasteiger partial charge < -0.3 is 5.32 Å². The van der Waals surface area contributed by atoms with Crippen molar-refractivity contribution in [1.29, 1.82) is 0 Å². The molecule has 1 amide bonds. The van der Waals surface area contributed by atoms with Gasteiger partial charge in [-0.05, 0) is 36.8 Å². The molecule has 2 heterocycles. The summed E-state index contributed by atoms with van der Waals surface area (Å²) in [6.45, 7) is 1.68. The number of carbonyl (C=O) groups is 1. The highest BCUT2D eigenvalue weighted by molar-refractivity contribution is 7.89. The number of hydrogen-bond acceptors (Lipinski definition) is 6. The molecule has 0 atom stereocenters. The summed E-state index contributed by atoms with van der Waals surface area (Å²) in [6, 6.07) is 5.45. The first-order valence-electron chi connectivity index (χ1n) is 8.86. The van der Waals surface area contributed by atoms with Crippen LogP contribution < -0.4 is 16.6 Å². The van der Waals surface area contributed by atoms with Crippen molar-refractivity contribution in [2.45, 2.75) is 11.8 Å². The number of carbonyl (C=O) groups excluding carboxylic acids is 1. The molecule has 10 nitrogen and oxygen atoms in total. The van der Waals surface area contributed by atoms with Crippen LogP contribution in [0.4, 0.5) is 5.69 Å². The van der Waals surface area contributed by atoms with E-state index in [0.717, 1.165) is 8.87 Å². The Balaban J connectivity index is 2.07. The molecule has 158 valence electrons. The van der Waals surface area contributed by atoms with Crippen molar-refractivity contribution in [3.63, 3.8) is 0 Å². The molecule has 3 aromatic rings. The summed E-state index contributed by atoms with van der Waals surface area (Å²) in [7, 11) is 2.06. The van der Waals surface area contributed by atoms with Gasteiger partial charge >= 0.3 is 5.69 Å². The summed E-state index contributed by atoms with van der Waals surface area (Å²) in [5.74, 6) is -0.532. The van der Waals surface area contributed by atoms with Gasteiger partial charge in [0.2, 0.25) is 10.0 Å². The van der Waals surface area contributed by atoms with Gasteiger partial charge in [-0.1, -0.05) is 0 Å². The first kappa shape index (κ1) is 21.4. The topological polar surface area (TPSA) is 123 Å². The third-order valence-electron chi connectivity index (χ3n) is 4.79. The minimum absolute atomic E-state index is 0.0541. The van der Waals surface area contributed by atoms with Crippen molar-refractivity contribution in [1.82, 2.24) is 18.4 Å². The zero-order valence-electron chi connectivity index (χ0n) is 17.1. The highest BCUT2D eigenvalue weighted by Crippen LogP contribution is 2.23. The van der Waals surface area contributed by atoms with E-state index in [1.54, 1.807) is 6.92 Å². The van der Waals surface area contributed by atoms with E-state index in [9.17, 15) is 22.8 Å². The Morgan fingerprint density at radius 3 is 2.23 bits per heavy atom. The van der Waals surface area contributed by atoms with E-state index >= 15 is 0 Å². The fraction of sp³-hybridized carbons (Fsp3) is 0.263. The number of anilines is 1. The van der Waals surface area contributed by atoms with Crippen LogP contribution in [0.15, 0.2) is 44.9 Å². The smallest absolute Gasteiger partial charge is 0.321 e. The summed E-state index contributed by atoms with van der Waals surface area (Å²) in [6.07, 6.45) is 1.46. The van der Waals surface area contributed by atoms with Gasteiger partial charge in [0.15, 0.2) is 5.65 Å². The molecular formula is C19H21N5O5S. The Morgan fingerprint density at radius 1 is 1.07 bits per heavy atom. The molecule has 0 unspecified atom stereocenters. The normalized spacial score (nSPS) is 11.8. The Bertz CT molecular complexity index is 1390. The van der Waals surface area contributed by atoms with Crippen molar-refractivity contribution < 1.29 is 13.2 Å². The molecule has 3 rings (SSSR count). The lowest BCUT2D eigenvalue weighted by Gasteiger charge is -2.14. The maximum Gasteiger partial charge on any atom is 0.332 e. The van der Waals surface area contributed by atoms with E-state index in [2.05, 4.69) is 10.3 Å². The second-order valence-corrected chi connectivity index (χ2v) is 9.14. The Kier molecular flexibility index (Phi) is 5.35. The molecule has 0 saturated carbocycles. The van der Waals surface area contributed by atoms with Crippen LogP contribution in [0, 0.1) is 6.92 Å². The second kappa shape index (κ2) is 7.50. The third kappa shape index (κ3) is 3.42. The number of hydrogen-bond donors (Lipinski definition) is 1. The molecule has 1 N–H and O–H groups in total. The summed E-state index contributed by atoms with van der Waals surface area (Å²) in [4.78, 5) is 41.9. The molecule has 1 aromatic carbocycles. The van der Waals surface area contributed by atoms with E-state index in [1.807, 2.05) is 0 Å². The number of nitrogens with one attached hydrogen (secondary N) is 1. The molecule has 0 aliphatic rings. The van der Waals surface area contributed by atoms with E-state index in [1.165, 1.54) is 63.2 Å². The van der Waals surface area contributed by atoms with Crippen molar-refractivity contribution in [3.8, 4) is 0 Å². The van der Waals surface area contributed by atoms with Gasteiger partial charge in [0.1, 0.15) is 5.39 Å². The standard InChI is InChI=1S/C19H21N5O5S/c1-11-10-20-16-14(18(26)24(5)19(27)23(16)4)15(11)21-17(25)12-6-8-13(9-7-12)30(28,29)22(2)3/h6-10H,1-5H3,(H,20,21,25). The minimum atomic E-state index is -3.62. The molecule has 30 heavy (non-hydrogen) atoms. The number of nitrogens with zero attached hydrogens (tertiary/aromatic N) is 4. The van der Waals surface area contributed by atoms with E-state index in [0.29, 0.717) is 5.56 Å². The average Bonchev–Trinajstić information content (AvgIpc) is 2.71. The minimum Gasteiger partial charge on any atom is -0.321 e. The number of benzene rings is 1. The van der Waals surface area contributed by atoms with Crippen LogP contribution in [0.2, 0.25) is 0 Å². The lowest BCUT2D eigenvalue weighted by Crippen LogP contribution is -2.37. The predicted molar refractivity (Wildman–Crippen MR) is 112 cm³/mol. The molecule has 0 aliphatic carbocycles. The predicted octanol–water partition coefficient (Wildman–Crippen LogP) is 0.443. The molecule has 0 radical (unpaired) electrons. The van der Waals surface area contributed by atoms with Crippen LogP contribution in [0.3, 0.4) is 0 Å². The van der Waals surface area contributed by atoms with Gasteiger partial charge in [0.25, 0.3) is 11.5 Å². The van der Waals surface area contributed by atoms with E-state index < -0.39 is 27.2 Å². The average molecular weight is 431 g/mol. The van der Waals surface area contributed by atoms with Gasteiger partial charge in [-0.2, -0.15) is 0 Å². The number of amides is 1. The van der Waals surface area contributed by atoms with Crippen molar-refractivity contribution in [3.05, 3.63) is 62.4 Å². The number of pyridine rings is 1. The van der Waals surface area contributed by atoms with Crippen molar-refractivity contribution in [2.75, 3.05) is 19.4 Å². The van der Waals surface area contributed by atoms with Gasteiger partial charge in [0, 0.05) is 40.0 Å². The van der Waals surface area contributed by atoms with Crippen LogP contribution >= 0.6 is 0 Å². The second-order valence-electron chi connectivity index (χ2n) is 6.99. The fourth-order valence-electron chi connectivity index (χ4n) is 2.96. The van der Waals surface area contributed by atoms with Gasteiger partial charge in [-0.25, -0.2) is 22.5 Å². The lowest BCUT2D eigenvalue weighted by atomic mass is 10.1. The molecule has 0 saturated heterocycles.